The van der Waals surface area contributed by atoms with Crippen molar-refractivity contribution in [2.75, 3.05) is 13.1 Å². The minimum Gasteiger partial charge on any atom is -0.392 e. The molecule has 0 rings (SSSR count). The zero-order valence-corrected chi connectivity index (χ0v) is 12.1. The van der Waals surface area contributed by atoms with Gasteiger partial charge in [0.05, 0.1) is 11.0 Å². The molecule has 0 aromatic heterocycles. The number of carbonyl (C=O) groups excluding carboxylic acids is 1. The molecule has 0 aliphatic heterocycles. The molecule has 1 amide bonds. The molecule has 0 aromatic rings. The molecule has 0 bridgehead atoms. The van der Waals surface area contributed by atoms with Gasteiger partial charge in [0.2, 0.25) is 5.91 Å². The first-order valence-corrected chi connectivity index (χ1v) is 6.62. The third-order valence-corrected chi connectivity index (χ3v) is 2.84. The molecule has 1 atom stereocenters. The van der Waals surface area contributed by atoms with Crippen molar-refractivity contribution < 1.29 is 4.79 Å². The van der Waals surface area contributed by atoms with Gasteiger partial charge in [-0.05, 0) is 27.2 Å². The lowest BCUT2D eigenvalue weighted by atomic mass is 10.2. The number of hydrogen-bond donors (Lipinski definition) is 2. The lowest BCUT2D eigenvalue weighted by Gasteiger charge is -2.31. The van der Waals surface area contributed by atoms with Gasteiger partial charge in [-0.2, -0.15) is 0 Å². The average molecular weight is 259 g/mol. The summed E-state index contributed by atoms with van der Waals surface area (Å²) in [5.41, 5.74) is 5.55. The van der Waals surface area contributed by atoms with E-state index < -0.39 is 0 Å². The second kappa shape index (κ2) is 8.42. The van der Waals surface area contributed by atoms with E-state index in [4.69, 9.17) is 18.0 Å². The summed E-state index contributed by atoms with van der Waals surface area (Å²) >= 11 is 4.91. The van der Waals surface area contributed by atoms with E-state index >= 15 is 0 Å². The van der Waals surface area contributed by atoms with Crippen molar-refractivity contribution in [3.63, 3.8) is 0 Å². The third kappa shape index (κ3) is 6.58. The van der Waals surface area contributed by atoms with Crippen molar-refractivity contribution in [2.45, 2.75) is 52.6 Å². The monoisotopic (exact) mass is 259 g/mol. The van der Waals surface area contributed by atoms with Crippen molar-refractivity contribution in [1.29, 1.82) is 0 Å². The molecule has 1 unspecified atom stereocenters. The maximum absolute atomic E-state index is 11.9. The zero-order valence-electron chi connectivity index (χ0n) is 11.3. The molecule has 0 radical (unpaired) electrons. The number of unbranched alkanes of at least 4 members (excludes halogenated alkanes) is 1. The Labute approximate surface area is 110 Å². The van der Waals surface area contributed by atoms with E-state index in [1.54, 1.807) is 0 Å². The molecule has 0 aliphatic rings. The van der Waals surface area contributed by atoms with Gasteiger partial charge in [-0.1, -0.05) is 25.6 Å². The van der Waals surface area contributed by atoms with Crippen LogP contribution in [0.1, 0.15) is 40.5 Å². The average Bonchev–Trinajstić information content (AvgIpc) is 2.24. The lowest BCUT2D eigenvalue weighted by Crippen LogP contribution is -2.50. The van der Waals surface area contributed by atoms with Crippen molar-refractivity contribution in [1.82, 2.24) is 10.2 Å². The molecule has 0 heterocycles. The lowest BCUT2D eigenvalue weighted by molar-refractivity contribution is -0.126. The quantitative estimate of drug-likeness (QED) is 0.509. The molecule has 0 saturated heterocycles. The predicted molar refractivity (Wildman–Crippen MR) is 76.0 cm³/mol. The van der Waals surface area contributed by atoms with Crippen LogP contribution in [0.2, 0.25) is 0 Å². The topological polar surface area (TPSA) is 58.4 Å². The van der Waals surface area contributed by atoms with Crippen LogP contribution < -0.4 is 11.1 Å². The van der Waals surface area contributed by atoms with Gasteiger partial charge >= 0.3 is 0 Å². The van der Waals surface area contributed by atoms with Gasteiger partial charge in [0.15, 0.2) is 0 Å². The Morgan fingerprint density at radius 2 is 2.00 bits per heavy atom. The summed E-state index contributed by atoms with van der Waals surface area (Å²) in [7, 11) is 0. The van der Waals surface area contributed by atoms with E-state index in [0.29, 0.717) is 11.5 Å². The largest absolute Gasteiger partial charge is 0.392 e. The first-order chi connectivity index (χ1) is 7.90. The molecule has 0 aromatic carbocycles. The Hall–Kier alpha value is -0.680. The van der Waals surface area contributed by atoms with Crippen LogP contribution in [-0.2, 0) is 4.79 Å². The first kappa shape index (κ1) is 16.3. The van der Waals surface area contributed by atoms with Gasteiger partial charge < -0.3 is 11.1 Å². The fourth-order valence-electron chi connectivity index (χ4n) is 1.63. The maximum atomic E-state index is 11.9. The van der Waals surface area contributed by atoms with Crippen molar-refractivity contribution in [3.8, 4) is 0 Å². The second-order valence-electron chi connectivity index (χ2n) is 4.55. The van der Waals surface area contributed by atoms with E-state index in [2.05, 4.69) is 12.2 Å². The molecule has 5 heteroatoms. The van der Waals surface area contributed by atoms with E-state index in [1.807, 2.05) is 25.7 Å². The van der Waals surface area contributed by atoms with E-state index in [-0.39, 0.29) is 18.0 Å². The van der Waals surface area contributed by atoms with Gasteiger partial charge in [-0.25, -0.2) is 0 Å². The van der Waals surface area contributed by atoms with Crippen LogP contribution in [0.5, 0.6) is 0 Å². The highest BCUT2D eigenvalue weighted by molar-refractivity contribution is 7.80. The van der Waals surface area contributed by atoms with Crippen LogP contribution in [-0.4, -0.2) is 41.0 Å². The summed E-state index contributed by atoms with van der Waals surface area (Å²) in [5.74, 6) is 0.0448. The van der Waals surface area contributed by atoms with E-state index in [9.17, 15) is 4.79 Å². The number of nitrogens with two attached hydrogens (primary N) is 1. The summed E-state index contributed by atoms with van der Waals surface area (Å²) in [4.78, 5) is 14.3. The Morgan fingerprint density at radius 3 is 2.41 bits per heavy atom. The van der Waals surface area contributed by atoms with E-state index in [0.717, 1.165) is 19.4 Å². The van der Waals surface area contributed by atoms with Crippen LogP contribution >= 0.6 is 12.2 Å². The van der Waals surface area contributed by atoms with E-state index in [1.165, 1.54) is 0 Å². The maximum Gasteiger partial charge on any atom is 0.237 e. The molecule has 100 valence electrons. The number of nitrogens with zero attached hydrogens (tertiary/aromatic N) is 1. The van der Waals surface area contributed by atoms with Crippen LogP contribution in [0.15, 0.2) is 0 Å². The van der Waals surface area contributed by atoms with Gasteiger partial charge in [0.1, 0.15) is 0 Å². The fourth-order valence-corrected chi connectivity index (χ4v) is 1.78. The molecule has 0 saturated carbocycles. The Kier molecular flexibility index (Phi) is 8.08. The van der Waals surface area contributed by atoms with Crippen LogP contribution in [0.25, 0.3) is 0 Å². The zero-order chi connectivity index (χ0) is 13.4. The SMILES string of the molecule is CCCCNC(=O)C(C)N(CC(N)=S)C(C)C. The molecular formula is C12H25N3OS. The van der Waals surface area contributed by atoms with Crippen LogP contribution in [0.4, 0.5) is 0 Å². The normalized spacial score (nSPS) is 12.8. The molecule has 17 heavy (non-hydrogen) atoms. The highest BCUT2D eigenvalue weighted by Crippen LogP contribution is 2.05. The highest BCUT2D eigenvalue weighted by atomic mass is 32.1. The molecule has 4 nitrogen and oxygen atoms in total. The third-order valence-electron chi connectivity index (χ3n) is 2.71. The minimum atomic E-state index is -0.201. The first-order valence-electron chi connectivity index (χ1n) is 6.21. The summed E-state index contributed by atoms with van der Waals surface area (Å²) in [6, 6.07) is 0.0387. The molecule has 0 aliphatic carbocycles. The van der Waals surface area contributed by atoms with Crippen LogP contribution in [0.3, 0.4) is 0 Å². The van der Waals surface area contributed by atoms with Crippen molar-refractivity contribution >= 4 is 23.1 Å². The van der Waals surface area contributed by atoms with Gasteiger partial charge in [0.25, 0.3) is 0 Å². The summed E-state index contributed by atoms with van der Waals surface area (Å²) in [5, 5.41) is 2.93. The number of nitrogens with one attached hydrogen (secondary N) is 1. The molecule has 3 N–H and O–H groups in total. The van der Waals surface area contributed by atoms with Gasteiger partial charge in [-0.3, -0.25) is 9.69 Å². The Morgan fingerprint density at radius 1 is 1.41 bits per heavy atom. The van der Waals surface area contributed by atoms with Crippen LogP contribution in [0, 0.1) is 0 Å². The standard InChI is InChI=1S/C12H25N3OS/c1-5-6-7-14-12(16)10(4)15(9(2)3)8-11(13)17/h9-10H,5-8H2,1-4H3,(H2,13,17)(H,14,16). The van der Waals surface area contributed by atoms with Gasteiger partial charge in [0, 0.05) is 19.1 Å². The Bertz CT molecular complexity index is 256. The minimum absolute atomic E-state index is 0.0448. The Balaban J connectivity index is 4.34. The smallest absolute Gasteiger partial charge is 0.237 e. The number of rotatable bonds is 8. The molecule has 0 spiro atoms. The second-order valence-corrected chi connectivity index (χ2v) is 5.08. The number of amides is 1. The summed E-state index contributed by atoms with van der Waals surface area (Å²) < 4.78 is 0. The van der Waals surface area contributed by atoms with Gasteiger partial charge in [-0.15, -0.1) is 0 Å². The number of thiocarbonyl (C=S) groups is 1. The van der Waals surface area contributed by atoms with Crippen molar-refractivity contribution in [2.24, 2.45) is 5.73 Å². The highest BCUT2D eigenvalue weighted by Gasteiger charge is 2.23. The molecule has 0 fully saturated rings. The van der Waals surface area contributed by atoms with Crippen molar-refractivity contribution in [3.05, 3.63) is 0 Å². The molecular weight excluding hydrogens is 234 g/mol. The fraction of sp³-hybridized carbons (Fsp3) is 0.833. The summed E-state index contributed by atoms with van der Waals surface area (Å²) in [6.07, 6.45) is 2.09. The number of hydrogen-bond acceptors (Lipinski definition) is 3. The predicted octanol–water partition coefficient (Wildman–Crippen LogP) is 1.29. The number of carbonyl (C=O) groups is 1. The summed E-state index contributed by atoms with van der Waals surface area (Å²) in [6.45, 7) is 9.28.